The second-order valence-electron chi connectivity index (χ2n) is 5.00. The molecule has 21 heavy (non-hydrogen) atoms. The molecule has 108 valence electrons. The number of fused-ring (bicyclic) bond motifs is 1. The zero-order chi connectivity index (χ0) is 14.7. The highest BCUT2D eigenvalue weighted by Crippen LogP contribution is 2.20. The van der Waals surface area contributed by atoms with Crippen LogP contribution in [0.4, 0.5) is 0 Å². The summed E-state index contributed by atoms with van der Waals surface area (Å²) in [6.07, 6.45) is 5.23. The van der Waals surface area contributed by atoms with Gasteiger partial charge in [-0.15, -0.1) is 10.2 Å². The molecule has 1 heterocycles. The molecule has 4 nitrogen and oxygen atoms in total. The van der Waals surface area contributed by atoms with Gasteiger partial charge in [0, 0.05) is 12.8 Å². The van der Waals surface area contributed by atoms with Gasteiger partial charge in [-0.3, -0.25) is 4.21 Å². The number of benzene rings is 2. The summed E-state index contributed by atoms with van der Waals surface area (Å²) >= 11 is 0. The first-order valence-corrected chi connectivity index (χ1v) is 8.49. The number of hydrogen-bond acceptors (Lipinski definition) is 3. The van der Waals surface area contributed by atoms with Crippen LogP contribution in [0.1, 0.15) is 12.0 Å². The molecule has 3 rings (SSSR count). The quantitative estimate of drug-likeness (QED) is 0.728. The fourth-order valence-electron chi connectivity index (χ4n) is 2.57. The fraction of sp³-hybridized carbons (Fsp3) is 0.250. The molecule has 0 radical (unpaired) electrons. The molecular weight excluding hydrogens is 282 g/mol. The van der Waals surface area contributed by atoms with Gasteiger partial charge in [-0.1, -0.05) is 42.5 Å². The minimum absolute atomic E-state index is 0.549. The molecule has 0 saturated carbocycles. The molecule has 0 aliphatic carbocycles. The van der Waals surface area contributed by atoms with Crippen molar-refractivity contribution in [1.29, 1.82) is 0 Å². The van der Waals surface area contributed by atoms with Crippen molar-refractivity contribution in [2.45, 2.75) is 24.5 Å². The number of hydrogen-bond donors (Lipinski definition) is 0. The third-order valence-electron chi connectivity index (χ3n) is 3.56. The van der Waals surface area contributed by atoms with Gasteiger partial charge in [0.25, 0.3) is 0 Å². The minimum atomic E-state index is -1.09. The monoisotopic (exact) mass is 299 g/mol. The van der Waals surface area contributed by atoms with E-state index < -0.39 is 10.8 Å². The first-order chi connectivity index (χ1) is 10.3. The van der Waals surface area contributed by atoms with E-state index in [0.717, 1.165) is 19.4 Å². The van der Waals surface area contributed by atoms with E-state index >= 15 is 0 Å². The second-order valence-corrected chi connectivity index (χ2v) is 6.28. The molecule has 0 amide bonds. The van der Waals surface area contributed by atoms with Gasteiger partial charge in [0.2, 0.25) is 5.16 Å². The van der Waals surface area contributed by atoms with Crippen LogP contribution in [0.5, 0.6) is 0 Å². The Bertz CT molecular complexity index is 777. The maximum atomic E-state index is 11.5. The lowest BCUT2D eigenvalue weighted by Gasteiger charge is -2.08. The van der Waals surface area contributed by atoms with Crippen LogP contribution in [0.25, 0.3) is 10.8 Å². The highest BCUT2D eigenvalue weighted by molar-refractivity contribution is 7.84. The Labute approximate surface area is 126 Å². The van der Waals surface area contributed by atoms with Crippen molar-refractivity contribution < 1.29 is 4.21 Å². The van der Waals surface area contributed by atoms with Crippen molar-refractivity contribution in [2.24, 2.45) is 0 Å². The van der Waals surface area contributed by atoms with Crippen molar-refractivity contribution in [3.63, 3.8) is 0 Å². The van der Waals surface area contributed by atoms with Gasteiger partial charge in [0.15, 0.2) is 0 Å². The molecule has 3 aromatic rings. The molecule has 5 heteroatoms. The predicted octanol–water partition coefficient (Wildman–Crippen LogP) is 2.80. The maximum Gasteiger partial charge on any atom is 0.221 e. The smallest absolute Gasteiger partial charge is 0.221 e. The number of aryl methyl sites for hydroxylation is 2. The average Bonchev–Trinajstić information content (AvgIpc) is 2.96. The summed E-state index contributed by atoms with van der Waals surface area (Å²) in [5.74, 6) is 0. The predicted molar refractivity (Wildman–Crippen MR) is 84.6 cm³/mol. The van der Waals surface area contributed by atoms with Gasteiger partial charge >= 0.3 is 0 Å². The summed E-state index contributed by atoms with van der Waals surface area (Å²) in [7, 11) is -1.09. The zero-order valence-corrected chi connectivity index (χ0v) is 12.7. The van der Waals surface area contributed by atoms with Gasteiger partial charge in [-0.05, 0) is 29.2 Å². The Kier molecular flexibility index (Phi) is 4.10. The van der Waals surface area contributed by atoms with Crippen LogP contribution in [0.3, 0.4) is 0 Å². The molecule has 0 aliphatic rings. The molecule has 0 saturated heterocycles. The highest BCUT2D eigenvalue weighted by Gasteiger charge is 2.07. The SMILES string of the molecule is CS(=O)c1nncn1CCCc1cccc2ccccc12. The summed E-state index contributed by atoms with van der Waals surface area (Å²) in [4.78, 5) is 0. The van der Waals surface area contributed by atoms with Crippen LogP contribution in [-0.2, 0) is 23.8 Å². The summed E-state index contributed by atoms with van der Waals surface area (Å²) < 4.78 is 13.4. The molecule has 0 fully saturated rings. The summed E-state index contributed by atoms with van der Waals surface area (Å²) in [6.45, 7) is 0.783. The first kappa shape index (κ1) is 13.9. The van der Waals surface area contributed by atoms with Gasteiger partial charge < -0.3 is 4.57 Å². The standard InChI is InChI=1S/C16H17N3OS/c1-21(20)16-18-17-12-19(16)11-5-9-14-8-4-7-13-6-2-3-10-15(13)14/h2-4,6-8,10,12H,5,9,11H2,1H3. The molecular formula is C16H17N3OS. The van der Waals surface area contributed by atoms with Crippen molar-refractivity contribution in [1.82, 2.24) is 14.8 Å². The van der Waals surface area contributed by atoms with E-state index in [4.69, 9.17) is 0 Å². The van der Waals surface area contributed by atoms with Crippen molar-refractivity contribution in [2.75, 3.05) is 6.26 Å². The molecule has 0 spiro atoms. The Morgan fingerprint density at radius 1 is 1.14 bits per heavy atom. The van der Waals surface area contributed by atoms with Gasteiger partial charge in [0.05, 0.1) is 10.8 Å². The molecule has 0 N–H and O–H groups in total. The van der Waals surface area contributed by atoms with E-state index in [0.29, 0.717) is 5.16 Å². The van der Waals surface area contributed by atoms with E-state index in [1.54, 1.807) is 12.6 Å². The Hall–Kier alpha value is -2.01. The Balaban J connectivity index is 1.72. The van der Waals surface area contributed by atoms with Crippen LogP contribution in [-0.4, -0.2) is 25.2 Å². The largest absolute Gasteiger partial charge is 0.307 e. The highest BCUT2D eigenvalue weighted by atomic mass is 32.2. The maximum absolute atomic E-state index is 11.5. The Morgan fingerprint density at radius 2 is 1.95 bits per heavy atom. The van der Waals surface area contributed by atoms with Crippen LogP contribution in [0.2, 0.25) is 0 Å². The zero-order valence-electron chi connectivity index (χ0n) is 11.9. The second kappa shape index (κ2) is 6.18. The lowest BCUT2D eigenvalue weighted by Crippen LogP contribution is -2.05. The van der Waals surface area contributed by atoms with E-state index in [-0.39, 0.29) is 0 Å². The van der Waals surface area contributed by atoms with Crippen LogP contribution < -0.4 is 0 Å². The van der Waals surface area contributed by atoms with Gasteiger partial charge in [-0.2, -0.15) is 0 Å². The number of nitrogens with zero attached hydrogens (tertiary/aromatic N) is 3. The van der Waals surface area contributed by atoms with Crippen LogP contribution in [0.15, 0.2) is 53.9 Å². The fourth-order valence-corrected chi connectivity index (χ4v) is 3.20. The Morgan fingerprint density at radius 3 is 2.81 bits per heavy atom. The molecule has 1 unspecified atom stereocenters. The van der Waals surface area contributed by atoms with E-state index in [1.807, 2.05) is 4.57 Å². The van der Waals surface area contributed by atoms with E-state index in [9.17, 15) is 4.21 Å². The van der Waals surface area contributed by atoms with Crippen LogP contribution >= 0.6 is 0 Å². The third kappa shape index (κ3) is 3.03. The summed E-state index contributed by atoms with van der Waals surface area (Å²) in [5, 5.41) is 10.9. The number of rotatable bonds is 5. The van der Waals surface area contributed by atoms with Crippen molar-refractivity contribution in [3.8, 4) is 0 Å². The van der Waals surface area contributed by atoms with Gasteiger partial charge in [0.1, 0.15) is 6.33 Å². The summed E-state index contributed by atoms with van der Waals surface area (Å²) in [5.41, 5.74) is 1.35. The van der Waals surface area contributed by atoms with Crippen molar-refractivity contribution >= 4 is 21.6 Å². The lowest BCUT2D eigenvalue weighted by atomic mass is 10.0. The molecule has 0 bridgehead atoms. The summed E-state index contributed by atoms with van der Waals surface area (Å²) in [6, 6.07) is 14.8. The molecule has 1 aromatic heterocycles. The molecule has 0 aliphatic heterocycles. The first-order valence-electron chi connectivity index (χ1n) is 6.93. The normalized spacial score (nSPS) is 12.6. The lowest BCUT2D eigenvalue weighted by molar-refractivity contribution is 0.585. The minimum Gasteiger partial charge on any atom is -0.307 e. The van der Waals surface area contributed by atoms with E-state index in [1.165, 1.54) is 16.3 Å². The molecule has 1 atom stereocenters. The van der Waals surface area contributed by atoms with Gasteiger partial charge in [-0.25, -0.2) is 0 Å². The van der Waals surface area contributed by atoms with Crippen molar-refractivity contribution in [3.05, 3.63) is 54.4 Å². The topological polar surface area (TPSA) is 47.8 Å². The van der Waals surface area contributed by atoms with Crippen LogP contribution in [0, 0.1) is 0 Å². The molecule has 2 aromatic carbocycles. The number of aromatic nitrogens is 3. The average molecular weight is 299 g/mol. The third-order valence-corrected chi connectivity index (χ3v) is 4.39. The van der Waals surface area contributed by atoms with E-state index in [2.05, 4.69) is 52.7 Å².